The molecule has 1 aromatic heterocycles. The molecule has 2 aliphatic rings. The minimum atomic E-state index is -3.28. The van der Waals surface area contributed by atoms with Gasteiger partial charge in [-0.2, -0.15) is 4.37 Å². The summed E-state index contributed by atoms with van der Waals surface area (Å²) in [5, 5.41) is 3.67. The predicted molar refractivity (Wildman–Crippen MR) is 77.2 cm³/mol. The van der Waals surface area contributed by atoms with Gasteiger partial charge in [-0.25, -0.2) is 8.42 Å². The van der Waals surface area contributed by atoms with Crippen LogP contribution in [0.15, 0.2) is 4.90 Å². The van der Waals surface area contributed by atoms with E-state index in [1.165, 1.54) is 12.8 Å². The normalized spacial score (nSPS) is 21.3. The molecule has 0 radical (unpaired) electrons. The first kappa shape index (κ1) is 13.2. The Morgan fingerprint density at radius 1 is 1.42 bits per heavy atom. The van der Waals surface area contributed by atoms with Crippen molar-refractivity contribution < 1.29 is 8.42 Å². The van der Waals surface area contributed by atoms with Crippen LogP contribution in [-0.2, 0) is 9.84 Å². The zero-order valence-electron chi connectivity index (χ0n) is 10.9. The summed E-state index contributed by atoms with van der Waals surface area (Å²) >= 11 is 1.16. The van der Waals surface area contributed by atoms with Gasteiger partial charge in [0.25, 0.3) is 0 Å². The fourth-order valence-electron chi connectivity index (χ4n) is 2.34. The van der Waals surface area contributed by atoms with Crippen LogP contribution in [-0.4, -0.2) is 24.1 Å². The lowest BCUT2D eigenvalue weighted by Crippen LogP contribution is -2.18. The number of anilines is 2. The van der Waals surface area contributed by atoms with E-state index in [4.69, 9.17) is 5.73 Å². The van der Waals surface area contributed by atoms with Crippen molar-refractivity contribution in [3.05, 3.63) is 0 Å². The Morgan fingerprint density at radius 3 is 2.68 bits per heavy atom. The van der Waals surface area contributed by atoms with Crippen LogP contribution < -0.4 is 11.1 Å². The average Bonchev–Trinajstić information content (AvgIpc) is 3.19. The summed E-state index contributed by atoms with van der Waals surface area (Å²) in [6, 6.07) is 0.264. The molecule has 1 unspecified atom stereocenters. The van der Waals surface area contributed by atoms with Crippen LogP contribution in [0.1, 0.15) is 39.0 Å². The number of nitrogen functional groups attached to an aromatic ring is 1. The van der Waals surface area contributed by atoms with Gasteiger partial charge in [-0.1, -0.05) is 12.8 Å². The van der Waals surface area contributed by atoms with Gasteiger partial charge < -0.3 is 11.1 Å². The highest BCUT2D eigenvalue weighted by Crippen LogP contribution is 2.42. The van der Waals surface area contributed by atoms with E-state index in [1.807, 2.05) is 0 Å². The second-order valence-corrected chi connectivity index (χ2v) is 8.63. The van der Waals surface area contributed by atoms with Crippen molar-refractivity contribution in [1.82, 2.24) is 4.37 Å². The van der Waals surface area contributed by atoms with E-state index in [0.29, 0.717) is 5.00 Å². The lowest BCUT2D eigenvalue weighted by molar-refractivity contribution is 0.595. The van der Waals surface area contributed by atoms with Crippen molar-refractivity contribution >= 4 is 32.2 Å². The molecule has 0 saturated heterocycles. The van der Waals surface area contributed by atoms with Crippen LogP contribution in [0.2, 0.25) is 0 Å². The Labute approximate surface area is 117 Å². The van der Waals surface area contributed by atoms with Crippen LogP contribution >= 0.6 is 11.5 Å². The molecule has 2 fully saturated rings. The molecule has 2 aliphatic carbocycles. The van der Waals surface area contributed by atoms with Gasteiger partial charge in [0.15, 0.2) is 15.7 Å². The predicted octanol–water partition coefficient (Wildman–Crippen LogP) is 2.26. The smallest absolute Gasteiger partial charge is 0.187 e. The standard InChI is InChI=1S/C12H19N3O2S2/c1-7(6-8-2-3-8)14-12-10(11(13)15-18-12)19(16,17)9-4-5-9/h7-9,14H,2-6H2,1H3,(H2,13,15). The molecule has 2 saturated carbocycles. The second kappa shape index (κ2) is 4.63. The monoisotopic (exact) mass is 301 g/mol. The SMILES string of the molecule is CC(CC1CC1)Nc1snc(N)c1S(=O)(=O)C1CC1. The van der Waals surface area contributed by atoms with Gasteiger partial charge in [-0.05, 0) is 43.6 Å². The maximum atomic E-state index is 12.4. The van der Waals surface area contributed by atoms with Gasteiger partial charge in [0, 0.05) is 6.04 Å². The summed E-state index contributed by atoms with van der Waals surface area (Å²) in [4.78, 5) is 0.239. The van der Waals surface area contributed by atoms with E-state index in [-0.39, 0.29) is 22.0 Å². The van der Waals surface area contributed by atoms with E-state index in [9.17, 15) is 8.42 Å². The first-order chi connectivity index (χ1) is 8.98. The van der Waals surface area contributed by atoms with Gasteiger partial charge in [0.2, 0.25) is 0 Å². The molecule has 0 aliphatic heterocycles. The quantitative estimate of drug-likeness (QED) is 0.842. The molecule has 3 rings (SSSR count). The first-order valence-corrected chi connectivity index (χ1v) is 9.06. The maximum absolute atomic E-state index is 12.4. The fourth-order valence-corrected chi connectivity index (χ4v) is 5.33. The lowest BCUT2D eigenvalue weighted by Gasteiger charge is -2.14. The van der Waals surface area contributed by atoms with Crippen molar-refractivity contribution in [3.63, 3.8) is 0 Å². The Hall–Kier alpha value is -0.820. The van der Waals surface area contributed by atoms with Gasteiger partial charge in [0.1, 0.15) is 9.90 Å². The van der Waals surface area contributed by atoms with E-state index >= 15 is 0 Å². The fraction of sp³-hybridized carbons (Fsp3) is 0.750. The molecular formula is C12H19N3O2S2. The van der Waals surface area contributed by atoms with Crippen molar-refractivity contribution in [2.45, 2.75) is 55.2 Å². The van der Waals surface area contributed by atoms with Crippen LogP contribution in [0.5, 0.6) is 0 Å². The number of hydrogen-bond donors (Lipinski definition) is 2. The largest absolute Gasteiger partial charge is 0.382 e. The number of sulfone groups is 1. The molecule has 7 heteroatoms. The summed E-state index contributed by atoms with van der Waals surface area (Å²) in [5.41, 5.74) is 5.76. The average molecular weight is 301 g/mol. The van der Waals surface area contributed by atoms with Crippen LogP contribution in [0.25, 0.3) is 0 Å². The minimum Gasteiger partial charge on any atom is -0.382 e. The number of rotatable bonds is 6. The van der Waals surface area contributed by atoms with Crippen molar-refractivity contribution in [2.24, 2.45) is 5.92 Å². The molecule has 1 aromatic rings. The van der Waals surface area contributed by atoms with Crippen LogP contribution in [0, 0.1) is 5.92 Å². The lowest BCUT2D eigenvalue weighted by atomic mass is 10.2. The second-order valence-electron chi connectivity index (χ2n) is 5.69. The Bertz CT molecular complexity index is 574. The summed E-state index contributed by atoms with van der Waals surface area (Å²) < 4.78 is 28.7. The first-order valence-electron chi connectivity index (χ1n) is 6.74. The van der Waals surface area contributed by atoms with E-state index in [0.717, 1.165) is 36.7 Å². The number of nitrogens with two attached hydrogens (primary N) is 1. The topological polar surface area (TPSA) is 85.1 Å². The summed E-state index contributed by atoms with van der Waals surface area (Å²) in [5.74, 6) is 0.953. The Morgan fingerprint density at radius 2 is 2.11 bits per heavy atom. The number of aromatic nitrogens is 1. The van der Waals surface area contributed by atoms with Gasteiger partial charge in [-0.15, -0.1) is 0 Å². The highest BCUT2D eigenvalue weighted by Gasteiger charge is 2.41. The van der Waals surface area contributed by atoms with Gasteiger partial charge in [0.05, 0.1) is 5.25 Å². The molecule has 1 atom stereocenters. The molecule has 0 spiro atoms. The van der Waals surface area contributed by atoms with Gasteiger partial charge >= 0.3 is 0 Å². The number of nitrogens with one attached hydrogen (secondary N) is 1. The van der Waals surface area contributed by atoms with E-state index < -0.39 is 9.84 Å². The van der Waals surface area contributed by atoms with Crippen molar-refractivity contribution in [2.75, 3.05) is 11.1 Å². The molecule has 19 heavy (non-hydrogen) atoms. The molecule has 5 nitrogen and oxygen atoms in total. The molecule has 0 amide bonds. The highest BCUT2D eigenvalue weighted by atomic mass is 32.2. The Kier molecular flexibility index (Phi) is 3.21. The molecule has 0 aromatic carbocycles. The molecule has 106 valence electrons. The third-order valence-electron chi connectivity index (χ3n) is 3.68. The summed E-state index contributed by atoms with van der Waals surface area (Å²) in [6.45, 7) is 2.09. The zero-order valence-corrected chi connectivity index (χ0v) is 12.6. The van der Waals surface area contributed by atoms with E-state index in [1.54, 1.807) is 0 Å². The summed E-state index contributed by atoms with van der Waals surface area (Å²) in [6.07, 6.45) is 5.16. The van der Waals surface area contributed by atoms with Crippen LogP contribution in [0.3, 0.4) is 0 Å². The van der Waals surface area contributed by atoms with Gasteiger partial charge in [-0.3, -0.25) is 0 Å². The number of nitrogens with zero attached hydrogens (tertiary/aromatic N) is 1. The third kappa shape index (κ3) is 2.72. The highest BCUT2D eigenvalue weighted by molar-refractivity contribution is 7.92. The molecule has 3 N–H and O–H groups in total. The van der Waals surface area contributed by atoms with Crippen molar-refractivity contribution in [1.29, 1.82) is 0 Å². The van der Waals surface area contributed by atoms with Crippen molar-refractivity contribution in [3.8, 4) is 0 Å². The third-order valence-corrected chi connectivity index (χ3v) is 6.94. The maximum Gasteiger partial charge on any atom is 0.187 e. The summed E-state index contributed by atoms with van der Waals surface area (Å²) in [7, 11) is -3.28. The minimum absolute atomic E-state index is 0.151. The molecule has 1 heterocycles. The number of hydrogen-bond acceptors (Lipinski definition) is 6. The Balaban J connectivity index is 1.81. The van der Waals surface area contributed by atoms with Crippen LogP contribution in [0.4, 0.5) is 10.8 Å². The molecular weight excluding hydrogens is 282 g/mol. The zero-order chi connectivity index (χ0) is 13.6. The van der Waals surface area contributed by atoms with E-state index in [2.05, 4.69) is 16.6 Å². The molecule has 0 bridgehead atoms.